The van der Waals surface area contributed by atoms with Gasteiger partial charge in [-0.05, 0) is 42.5 Å². The van der Waals surface area contributed by atoms with Crippen molar-refractivity contribution in [1.82, 2.24) is 25.4 Å². The van der Waals surface area contributed by atoms with Gasteiger partial charge in [0.05, 0.1) is 11.0 Å². The Bertz CT molecular complexity index is 1200. The maximum Gasteiger partial charge on any atom is 0.265 e. The zero-order chi connectivity index (χ0) is 21.2. The predicted octanol–water partition coefficient (Wildman–Crippen LogP) is 3.75. The number of hydrazine groups is 1. The van der Waals surface area contributed by atoms with Crippen molar-refractivity contribution in [2.45, 2.75) is 0 Å². The first-order valence-electron chi connectivity index (χ1n) is 10.1. The smallest absolute Gasteiger partial charge is 0.265 e. The average Bonchev–Trinajstić information content (AvgIpc) is 3.23. The number of carbonyl (C=O) groups excluding carboxylic acids is 1. The van der Waals surface area contributed by atoms with E-state index in [0.29, 0.717) is 10.6 Å². The summed E-state index contributed by atoms with van der Waals surface area (Å²) < 4.78 is 0. The largest absolute Gasteiger partial charge is 0.354 e. The Morgan fingerprint density at radius 1 is 1.00 bits per heavy atom. The summed E-state index contributed by atoms with van der Waals surface area (Å²) in [5, 5.41) is 2.63. The Kier molecular flexibility index (Phi) is 5.28. The van der Waals surface area contributed by atoms with Gasteiger partial charge in [0.25, 0.3) is 5.91 Å². The van der Waals surface area contributed by atoms with E-state index >= 15 is 0 Å². The van der Waals surface area contributed by atoms with E-state index in [2.05, 4.69) is 25.3 Å². The van der Waals surface area contributed by atoms with E-state index in [4.69, 9.17) is 11.6 Å². The summed E-state index contributed by atoms with van der Waals surface area (Å²) in [6, 6.07) is 18.9. The summed E-state index contributed by atoms with van der Waals surface area (Å²) in [6.07, 6.45) is 1.83. The highest BCUT2D eigenvalue weighted by Crippen LogP contribution is 2.24. The quantitative estimate of drug-likeness (QED) is 0.513. The van der Waals surface area contributed by atoms with E-state index in [1.54, 1.807) is 0 Å². The minimum absolute atomic E-state index is 0.0800. The van der Waals surface area contributed by atoms with Crippen LogP contribution >= 0.6 is 11.6 Å². The van der Waals surface area contributed by atoms with Crippen molar-refractivity contribution in [3.05, 3.63) is 77.4 Å². The van der Waals surface area contributed by atoms with Crippen LogP contribution in [0.2, 0.25) is 5.02 Å². The number of H-pyrrole nitrogens is 1. The molecule has 0 unspecified atom stereocenters. The van der Waals surface area contributed by atoms with Crippen LogP contribution in [0.4, 0.5) is 5.82 Å². The van der Waals surface area contributed by atoms with Crippen LogP contribution in [0, 0.1) is 0 Å². The molecule has 1 saturated heterocycles. The molecular weight excluding hydrogens is 412 g/mol. The number of amides is 1. The summed E-state index contributed by atoms with van der Waals surface area (Å²) in [6.45, 7) is 3.02. The van der Waals surface area contributed by atoms with E-state index in [-0.39, 0.29) is 5.91 Å². The number of carbonyl (C=O) groups is 1. The SMILES string of the molecule is O=C(NN1CCN(c2ccc(-c3nc4ccc(Cl)cc4[nH]3)cn2)CC1)c1ccccc1. The van der Waals surface area contributed by atoms with Crippen molar-refractivity contribution in [2.75, 3.05) is 31.1 Å². The second-order valence-electron chi connectivity index (χ2n) is 7.43. The molecular formula is C23H21ClN6O. The van der Waals surface area contributed by atoms with Crippen molar-refractivity contribution in [2.24, 2.45) is 0 Å². The molecule has 31 heavy (non-hydrogen) atoms. The summed E-state index contributed by atoms with van der Waals surface area (Å²) in [5.41, 5.74) is 6.34. The van der Waals surface area contributed by atoms with Crippen molar-refractivity contribution >= 4 is 34.4 Å². The molecule has 1 amide bonds. The highest BCUT2D eigenvalue weighted by molar-refractivity contribution is 6.31. The zero-order valence-corrected chi connectivity index (χ0v) is 17.5. The van der Waals surface area contributed by atoms with Crippen LogP contribution in [-0.2, 0) is 0 Å². The number of hydrogen-bond donors (Lipinski definition) is 2. The first-order valence-corrected chi connectivity index (χ1v) is 10.5. The van der Waals surface area contributed by atoms with Gasteiger partial charge in [-0.3, -0.25) is 10.2 Å². The molecule has 8 heteroatoms. The number of imidazole rings is 1. The number of pyridine rings is 1. The van der Waals surface area contributed by atoms with Gasteiger partial charge < -0.3 is 9.88 Å². The van der Waals surface area contributed by atoms with Crippen LogP contribution in [0.1, 0.15) is 10.4 Å². The fraction of sp³-hybridized carbons (Fsp3) is 0.174. The third kappa shape index (κ3) is 4.23. The maximum atomic E-state index is 12.3. The highest BCUT2D eigenvalue weighted by Gasteiger charge is 2.20. The Hall–Kier alpha value is -3.42. The molecule has 4 aromatic rings. The van der Waals surface area contributed by atoms with Crippen molar-refractivity contribution in [3.8, 4) is 11.4 Å². The van der Waals surface area contributed by atoms with Crippen LogP contribution in [0.15, 0.2) is 66.9 Å². The van der Waals surface area contributed by atoms with Crippen LogP contribution < -0.4 is 10.3 Å². The van der Waals surface area contributed by atoms with Crippen molar-refractivity contribution < 1.29 is 4.79 Å². The number of anilines is 1. The fourth-order valence-electron chi connectivity index (χ4n) is 3.68. The molecule has 7 nitrogen and oxygen atoms in total. The van der Waals surface area contributed by atoms with E-state index in [0.717, 1.165) is 54.4 Å². The molecule has 2 aromatic heterocycles. The number of nitrogens with zero attached hydrogens (tertiary/aromatic N) is 4. The molecule has 156 valence electrons. The van der Waals surface area contributed by atoms with Gasteiger partial charge in [-0.1, -0.05) is 29.8 Å². The van der Waals surface area contributed by atoms with Crippen LogP contribution in [0.3, 0.4) is 0 Å². The topological polar surface area (TPSA) is 77.2 Å². The number of fused-ring (bicyclic) bond motifs is 1. The second-order valence-corrected chi connectivity index (χ2v) is 7.87. The predicted molar refractivity (Wildman–Crippen MR) is 122 cm³/mol. The zero-order valence-electron chi connectivity index (χ0n) is 16.8. The Labute approximate surface area is 184 Å². The lowest BCUT2D eigenvalue weighted by Gasteiger charge is -2.35. The average molecular weight is 433 g/mol. The van der Waals surface area contributed by atoms with Gasteiger partial charge in [0.15, 0.2) is 0 Å². The van der Waals surface area contributed by atoms with Gasteiger partial charge in [-0.2, -0.15) is 0 Å². The number of aromatic nitrogens is 3. The molecule has 3 heterocycles. The number of halogens is 1. The molecule has 0 saturated carbocycles. The summed E-state index contributed by atoms with van der Waals surface area (Å²) in [7, 11) is 0. The third-order valence-electron chi connectivity index (χ3n) is 5.36. The molecule has 1 fully saturated rings. The normalized spacial score (nSPS) is 14.7. The monoisotopic (exact) mass is 432 g/mol. The van der Waals surface area contributed by atoms with Crippen molar-refractivity contribution in [3.63, 3.8) is 0 Å². The first kappa shape index (κ1) is 19.5. The van der Waals surface area contributed by atoms with Crippen LogP contribution in [0.5, 0.6) is 0 Å². The number of nitrogens with one attached hydrogen (secondary N) is 2. The lowest BCUT2D eigenvalue weighted by Crippen LogP contribution is -2.53. The highest BCUT2D eigenvalue weighted by atomic mass is 35.5. The molecule has 0 atom stereocenters. The van der Waals surface area contributed by atoms with Gasteiger partial charge in [-0.25, -0.2) is 15.0 Å². The van der Waals surface area contributed by atoms with Gasteiger partial charge in [0, 0.05) is 48.5 Å². The lowest BCUT2D eigenvalue weighted by atomic mass is 10.2. The summed E-state index contributed by atoms with van der Waals surface area (Å²) >= 11 is 6.06. The maximum absolute atomic E-state index is 12.3. The standard InChI is InChI=1S/C23H21ClN6O/c24-18-7-8-19-20(14-18)27-22(26-19)17-6-9-21(25-15-17)29-10-12-30(13-11-29)28-23(31)16-4-2-1-3-5-16/h1-9,14-15H,10-13H2,(H,26,27)(H,28,31). The van der Waals surface area contributed by atoms with Crippen LogP contribution in [0.25, 0.3) is 22.4 Å². The second kappa shape index (κ2) is 8.37. The third-order valence-corrected chi connectivity index (χ3v) is 5.60. The lowest BCUT2D eigenvalue weighted by molar-refractivity contribution is 0.0777. The molecule has 0 aliphatic carbocycles. The summed E-state index contributed by atoms with van der Waals surface area (Å²) in [5.74, 6) is 1.60. The molecule has 0 spiro atoms. The van der Waals surface area contributed by atoms with E-state index in [1.807, 2.05) is 71.9 Å². The Morgan fingerprint density at radius 2 is 1.81 bits per heavy atom. The molecule has 0 radical (unpaired) electrons. The minimum atomic E-state index is -0.0800. The van der Waals surface area contributed by atoms with E-state index in [1.165, 1.54) is 0 Å². The van der Waals surface area contributed by atoms with Gasteiger partial charge in [-0.15, -0.1) is 0 Å². The van der Waals surface area contributed by atoms with E-state index in [9.17, 15) is 4.79 Å². The summed E-state index contributed by atoms with van der Waals surface area (Å²) in [4.78, 5) is 27.1. The Morgan fingerprint density at radius 3 is 2.55 bits per heavy atom. The first-order chi connectivity index (χ1) is 15.2. The van der Waals surface area contributed by atoms with Gasteiger partial charge in [0.1, 0.15) is 11.6 Å². The van der Waals surface area contributed by atoms with Gasteiger partial charge in [0.2, 0.25) is 0 Å². The number of benzene rings is 2. The molecule has 2 N–H and O–H groups in total. The molecule has 2 aromatic carbocycles. The number of hydrogen-bond acceptors (Lipinski definition) is 5. The number of rotatable bonds is 4. The molecule has 0 bridgehead atoms. The number of aromatic amines is 1. The Balaban J connectivity index is 1.21. The fourth-order valence-corrected chi connectivity index (χ4v) is 3.85. The number of piperazine rings is 1. The van der Waals surface area contributed by atoms with Crippen molar-refractivity contribution in [1.29, 1.82) is 0 Å². The van der Waals surface area contributed by atoms with Crippen LogP contribution in [-0.4, -0.2) is 52.0 Å². The van der Waals surface area contributed by atoms with E-state index < -0.39 is 0 Å². The van der Waals surface area contributed by atoms with Gasteiger partial charge >= 0.3 is 0 Å². The minimum Gasteiger partial charge on any atom is -0.354 e. The molecule has 1 aliphatic rings. The molecule has 5 rings (SSSR count). The molecule has 1 aliphatic heterocycles.